The Kier molecular flexibility index (Phi) is 6.87. The van der Waals surface area contributed by atoms with Crippen molar-refractivity contribution < 1.29 is 13.2 Å². The van der Waals surface area contributed by atoms with E-state index in [0.29, 0.717) is 11.6 Å². The van der Waals surface area contributed by atoms with E-state index in [0.717, 1.165) is 11.8 Å². The lowest BCUT2D eigenvalue weighted by Crippen LogP contribution is -2.34. The van der Waals surface area contributed by atoms with Gasteiger partial charge in [0.25, 0.3) is 0 Å². The number of carbonyl (C=O) groups is 1. The molecule has 0 aliphatic rings. The number of halogens is 1. The summed E-state index contributed by atoms with van der Waals surface area (Å²) in [6.07, 6.45) is 2.71. The lowest BCUT2D eigenvalue weighted by atomic mass is 10.2. The standard InChI is InChI=1S/C14H19ClN2O3S/c1-3-9-17(21(2,19)20)10-8-14(18)16-11-12-4-6-13(15)7-5-12/h3-7H,1,8-11H2,2H3,(H,16,18). The van der Waals surface area contributed by atoms with Crippen LogP contribution >= 0.6 is 11.6 Å². The van der Waals surface area contributed by atoms with Crippen molar-refractivity contribution in [2.75, 3.05) is 19.3 Å². The number of amides is 1. The van der Waals surface area contributed by atoms with Gasteiger partial charge < -0.3 is 5.32 Å². The molecule has 0 radical (unpaired) electrons. The Morgan fingerprint density at radius 1 is 1.38 bits per heavy atom. The van der Waals surface area contributed by atoms with Crippen LogP contribution in [0, 0.1) is 0 Å². The monoisotopic (exact) mass is 330 g/mol. The Morgan fingerprint density at radius 3 is 2.52 bits per heavy atom. The largest absolute Gasteiger partial charge is 0.352 e. The molecule has 0 spiro atoms. The summed E-state index contributed by atoms with van der Waals surface area (Å²) in [7, 11) is -3.33. The summed E-state index contributed by atoms with van der Waals surface area (Å²) < 4.78 is 24.2. The number of carbonyl (C=O) groups excluding carboxylic acids is 1. The second-order valence-corrected chi connectivity index (χ2v) is 6.98. The summed E-state index contributed by atoms with van der Waals surface area (Å²) in [6.45, 7) is 4.23. The fraction of sp³-hybridized carbons (Fsp3) is 0.357. The van der Waals surface area contributed by atoms with E-state index in [9.17, 15) is 13.2 Å². The van der Waals surface area contributed by atoms with Crippen molar-refractivity contribution in [3.8, 4) is 0 Å². The Hall–Kier alpha value is -1.37. The van der Waals surface area contributed by atoms with E-state index in [1.807, 2.05) is 12.1 Å². The first kappa shape index (κ1) is 17.7. The van der Waals surface area contributed by atoms with E-state index in [1.165, 1.54) is 10.4 Å². The minimum absolute atomic E-state index is 0.106. The molecule has 1 amide bonds. The predicted molar refractivity (Wildman–Crippen MR) is 84.5 cm³/mol. The van der Waals surface area contributed by atoms with Crippen molar-refractivity contribution in [1.82, 2.24) is 9.62 Å². The van der Waals surface area contributed by atoms with Crippen LogP contribution in [0.25, 0.3) is 0 Å². The van der Waals surface area contributed by atoms with Crippen molar-refractivity contribution in [3.63, 3.8) is 0 Å². The molecular formula is C14H19ClN2O3S. The van der Waals surface area contributed by atoms with E-state index in [4.69, 9.17) is 11.6 Å². The molecule has 0 saturated heterocycles. The summed E-state index contributed by atoms with van der Waals surface area (Å²) in [4.78, 5) is 11.7. The number of rotatable bonds is 8. The molecule has 1 aromatic carbocycles. The second kappa shape index (κ2) is 8.17. The van der Waals surface area contributed by atoms with Crippen LogP contribution in [0.5, 0.6) is 0 Å². The molecule has 0 atom stereocenters. The molecule has 0 heterocycles. The van der Waals surface area contributed by atoms with Gasteiger partial charge in [0.1, 0.15) is 0 Å². The van der Waals surface area contributed by atoms with Gasteiger partial charge in [-0.15, -0.1) is 6.58 Å². The summed E-state index contributed by atoms with van der Waals surface area (Å²) in [5.41, 5.74) is 0.929. The average molecular weight is 331 g/mol. The third kappa shape index (κ3) is 6.75. The van der Waals surface area contributed by atoms with Crippen LogP contribution < -0.4 is 5.32 Å². The smallest absolute Gasteiger partial charge is 0.221 e. The molecule has 116 valence electrons. The molecule has 1 rings (SSSR count). The zero-order chi connectivity index (χ0) is 15.9. The predicted octanol–water partition coefficient (Wildman–Crippen LogP) is 1.79. The Morgan fingerprint density at radius 2 is 2.00 bits per heavy atom. The van der Waals surface area contributed by atoms with Crippen molar-refractivity contribution in [2.24, 2.45) is 0 Å². The van der Waals surface area contributed by atoms with Crippen LogP contribution in [-0.4, -0.2) is 38.0 Å². The normalized spacial score (nSPS) is 11.4. The van der Waals surface area contributed by atoms with Gasteiger partial charge in [0.05, 0.1) is 6.26 Å². The molecule has 1 aromatic rings. The Balaban J connectivity index is 2.43. The summed E-state index contributed by atoms with van der Waals surface area (Å²) in [6, 6.07) is 7.14. The van der Waals surface area contributed by atoms with Gasteiger partial charge >= 0.3 is 0 Å². The molecule has 5 nitrogen and oxygen atoms in total. The maximum absolute atomic E-state index is 11.7. The van der Waals surface area contributed by atoms with Crippen molar-refractivity contribution in [3.05, 3.63) is 47.5 Å². The number of benzene rings is 1. The number of hydrogen-bond acceptors (Lipinski definition) is 3. The lowest BCUT2D eigenvalue weighted by Gasteiger charge is -2.17. The third-order valence-corrected chi connectivity index (χ3v) is 4.31. The lowest BCUT2D eigenvalue weighted by molar-refractivity contribution is -0.121. The van der Waals surface area contributed by atoms with E-state index in [1.54, 1.807) is 12.1 Å². The van der Waals surface area contributed by atoms with E-state index in [-0.39, 0.29) is 25.4 Å². The molecule has 0 unspecified atom stereocenters. The highest BCUT2D eigenvalue weighted by molar-refractivity contribution is 7.88. The summed E-state index contributed by atoms with van der Waals surface area (Å²) in [5.74, 6) is -0.206. The quantitative estimate of drug-likeness (QED) is 0.739. The highest BCUT2D eigenvalue weighted by atomic mass is 35.5. The highest BCUT2D eigenvalue weighted by Gasteiger charge is 2.16. The van der Waals surface area contributed by atoms with Gasteiger partial charge in [-0.1, -0.05) is 29.8 Å². The molecule has 0 bridgehead atoms. The van der Waals surface area contributed by atoms with Crippen LogP contribution in [0.2, 0.25) is 5.02 Å². The average Bonchev–Trinajstić information content (AvgIpc) is 2.41. The van der Waals surface area contributed by atoms with Gasteiger partial charge in [0.2, 0.25) is 15.9 Å². The first-order chi connectivity index (χ1) is 9.82. The maximum Gasteiger partial charge on any atom is 0.221 e. The van der Waals surface area contributed by atoms with Gasteiger partial charge in [0, 0.05) is 31.1 Å². The Bertz CT molecular complexity index is 585. The van der Waals surface area contributed by atoms with Gasteiger partial charge in [-0.05, 0) is 17.7 Å². The van der Waals surface area contributed by atoms with Crippen LogP contribution in [0.4, 0.5) is 0 Å². The first-order valence-electron chi connectivity index (χ1n) is 6.40. The summed E-state index contributed by atoms with van der Waals surface area (Å²) >= 11 is 5.77. The first-order valence-corrected chi connectivity index (χ1v) is 8.62. The van der Waals surface area contributed by atoms with Crippen LogP contribution in [0.3, 0.4) is 0 Å². The zero-order valence-electron chi connectivity index (χ0n) is 11.9. The van der Waals surface area contributed by atoms with E-state index >= 15 is 0 Å². The van der Waals surface area contributed by atoms with E-state index < -0.39 is 10.0 Å². The van der Waals surface area contributed by atoms with Crippen LogP contribution in [-0.2, 0) is 21.4 Å². The molecule has 0 aromatic heterocycles. The molecule has 0 fully saturated rings. The fourth-order valence-corrected chi connectivity index (χ4v) is 2.58. The Labute approximate surface area is 130 Å². The van der Waals surface area contributed by atoms with E-state index in [2.05, 4.69) is 11.9 Å². The number of hydrogen-bond donors (Lipinski definition) is 1. The molecule has 0 aliphatic heterocycles. The van der Waals surface area contributed by atoms with Crippen molar-refractivity contribution >= 4 is 27.5 Å². The topological polar surface area (TPSA) is 66.5 Å². The number of nitrogens with one attached hydrogen (secondary N) is 1. The number of nitrogens with zero attached hydrogens (tertiary/aromatic N) is 1. The van der Waals surface area contributed by atoms with Crippen LogP contribution in [0.1, 0.15) is 12.0 Å². The second-order valence-electron chi connectivity index (χ2n) is 4.56. The molecule has 21 heavy (non-hydrogen) atoms. The molecule has 1 N–H and O–H groups in total. The third-order valence-electron chi connectivity index (χ3n) is 2.79. The molecular weight excluding hydrogens is 312 g/mol. The highest BCUT2D eigenvalue weighted by Crippen LogP contribution is 2.09. The zero-order valence-corrected chi connectivity index (χ0v) is 13.5. The van der Waals surface area contributed by atoms with Gasteiger partial charge in [-0.2, -0.15) is 4.31 Å². The maximum atomic E-state index is 11.7. The van der Waals surface area contributed by atoms with Gasteiger partial charge in [-0.3, -0.25) is 4.79 Å². The van der Waals surface area contributed by atoms with Crippen LogP contribution in [0.15, 0.2) is 36.9 Å². The number of sulfonamides is 1. The molecule has 7 heteroatoms. The van der Waals surface area contributed by atoms with Crippen molar-refractivity contribution in [2.45, 2.75) is 13.0 Å². The molecule has 0 saturated carbocycles. The fourth-order valence-electron chi connectivity index (χ4n) is 1.65. The molecule has 0 aliphatic carbocycles. The van der Waals surface area contributed by atoms with Gasteiger partial charge in [-0.25, -0.2) is 8.42 Å². The minimum atomic E-state index is -3.33. The van der Waals surface area contributed by atoms with Crippen molar-refractivity contribution in [1.29, 1.82) is 0 Å². The minimum Gasteiger partial charge on any atom is -0.352 e. The SMILES string of the molecule is C=CCN(CCC(=O)NCc1ccc(Cl)cc1)S(C)(=O)=O. The van der Waals surface area contributed by atoms with Gasteiger partial charge in [0.15, 0.2) is 0 Å². The summed E-state index contributed by atoms with van der Waals surface area (Å²) in [5, 5.41) is 3.38.